The van der Waals surface area contributed by atoms with Crippen LogP contribution in [0.15, 0.2) is 36.4 Å². The molecule has 0 fully saturated rings. The fourth-order valence-electron chi connectivity index (χ4n) is 2.01. The van der Waals surface area contributed by atoms with Crippen molar-refractivity contribution in [2.24, 2.45) is 0 Å². The second kappa shape index (κ2) is 4.47. The smallest absolute Gasteiger partial charge is 0.398 e. The van der Waals surface area contributed by atoms with E-state index in [4.69, 9.17) is 5.73 Å². The molecule has 0 bridgehead atoms. The monoisotopic (exact) mass is 292 g/mol. The predicted molar refractivity (Wildman–Crippen MR) is 73.0 cm³/mol. The number of fused-ring (bicyclic) bond motifs is 1. The van der Waals surface area contributed by atoms with Gasteiger partial charge in [0, 0.05) is 5.69 Å². The topological polar surface area (TPSA) is 56.7 Å². The normalized spacial score (nSPS) is 12.0. The van der Waals surface area contributed by atoms with Crippen molar-refractivity contribution in [2.75, 3.05) is 5.73 Å². The number of halogens is 3. The zero-order valence-electron chi connectivity index (χ0n) is 11.0. The number of hydrogen-bond donors (Lipinski definition) is 1. The minimum absolute atomic E-state index is 0.247. The van der Waals surface area contributed by atoms with Crippen LogP contribution in [-0.4, -0.2) is 15.0 Å². The molecule has 0 aliphatic carbocycles. The number of nitrogens with zero attached hydrogens (tertiary/aromatic N) is 3. The Bertz CT molecular complexity index is 782. The van der Waals surface area contributed by atoms with Crippen LogP contribution in [0.3, 0.4) is 0 Å². The Balaban J connectivity index is 2.12. The van der Waals surface area contributed by atoms with Crippen LogP contribution >= 0.6 is 0 Å². The minimum atomic E-state index is -4.40. The standard InChI is InChI=1S/C14H11F3N4/c1-8-5-12-13(7-11(8)18)20-21(19-12)10-4-2-3-9(6-10)14(15,16)17/h2-7H,18H2,1H3. The first-order valence-corrected chi connectivity index (χ1v) is 6.15. The number of nitrogen functional groups attached to an aromatic ring is 1. The molecule has 0 saturated heterocycles. The van der Waals surface area contributed by atoms with E-state index in [9.17, 15) is 13.2 Å². The zero-order chi connectivity index (χ0) is 15.2. The molecule has 7 heteroatoms. The highest BCUT2D eigenvalue weighted by Crippen LogP contribution is 2.30. The molecule has 1 heterocycles. The lowest BCUT2D eigenvalue weighted by molar-refractivity contribution is -0.137. The lowest BCUT2D eigenvalue weighted by Crippen LogP contribution is -2.07. The van der Waals surface area contributed by atoms with Crippen LogP contribution < -0.4 is 5.73 Å². The summed E-state index contributed by atoms with van der Waals surface area (Å²) < 4.78 is 38.2. The van der Waals surface area contributed by atoms with E-state index in [1.807, 2.05) is 6.92 Å². The van der Waals surface area contributed by atoms with E-state index in [0.717, 1.165) is 17.7 Å². The third kappa shape index (κ3) is 2.42. The highest BCUT2D eigenvalue weighted by Gasteiger charge is 2.30. The Kier molecular flexibility index (Phi) is 2.86. The van der Waals surface area contributed by atoms with Crippen molar-refractivity contribution in [3.05, 3.63) is 47.5 Å². The van der Waals surface area contributed by atoms with Gasteiger partial charge in [0.25, 0.3) is 0 Å². The molecule has 0 atom stereocenters. The van der Waals surface area contributed by atoms with E-state index in [1.165, 1.54) is 16.9 Å². The second-order valence-electron chi connectivity index (χ2n) is 4.74. The van der Waals surface area contributed by atoms with Gasteiger partial charge in [-0.1, -0.05) is 6.07 Å². The molecule has 4 nitrogen and oxygen atoms in total. The highest BCUT2D eigenvalue weighted by molar-refractivity contribution is 5.79. The summed E-state index contributed by atoms with van der Waals surface area (Å²) in [6, 6.07) is 8.27. The molecule has 2 N–H and O–H groups in total. The van der Waals surface area contributed by atoms with Crippen molar-refractivity contribution < 1.29 is 13.2 Å². The van der Waals surface area contributed by atoms with Gasteiger partial charge in [0.05, 0.1) is 11.3 Å². The maximum Gasteiger partial charge on any atom is 0.416 e. The Hall–Kier alpha value is -2.57. The van der Waals surface area contributed by atoms with Crippen LogP contribution in [0.2, 0.25) is 0 Å². The Morgan fingerprint density at radius 2 is 1.71 bits per heavy atom. The molecule has 0 saturated carbocycles. The van der Waals surface area contributed by atoms with Crippen LogP contribution in [0.5, 0.6) is 0 Å². The summed E-state index contributed by atoms with van der Waals surface area (Å²) >= 11 is 0. The van der Waals surface area contributed by atoms with E-state index < -0.39 is 11.7 Å². The lowest BCUT2D eigenvalue weighted by atomic mass is 10.2. The lowest BCUT2D eigenvalue weighted by Gasteiger charge is -2.07. The number of rotatable bonds is 1. The molecule has 0 unspecified atom stereocenters. The van der Waals surface area contributed by atoms with Crippen LogP contribution in [0.25, 0.3) is 16.7 Å². The average molecular weight is 292 g/mol. The average Bonchev–Trinajstić information content (AvgIpc) is 2.81. The fourth-order valence-corrected chi connectivity index (χ4v) is 2.01. The van der Waals surface area contributed by atoms with Gasteiger partial charge in [0.1, 0.15) is 11.0 Å². The number of hydrogen-bond acceptors (Lipinski definition) is 3. The van der Waals surface area contributed by atoms with E-state index >= 15 is 0 Å². The molecule has 3 aromatic rings. The van der Waals surface area contributed by atoms with Crippen molar-refractivity contribution in [1.82, 2.24) is 15.0 Å². The number of nitrogens with two attached hydrogens (primary N) is 1. The minimum Gasteiger partial charge on any atom is -0.398 e. The molecule has 0 aliphatic rings. The predicted octanol–water partition coefficient (Wildman–Crippen LogP) is 3.33. The molecule has 0 radical (unpaired) electrons. The molecule has 0 spiro atoms. The first-order valence-electron chi connectivity index (χ1n) is 6.15. The quantitative estimate of drug-likeness (QED) is 0.700. The second-order valence-corrected chi connectivity index (χ2v) is 4.74. The number of aromatic nitrogens is 3. The molecule has 108 valence electrons. The van der Waals surface area contributed by atoms with Gasteiger partial charge >= 0.3 is 6.18 Å². The van der Waals surface area contributed by atoms with Crippen molar-refractivity contribution in [3.63, 3.8) is 0 Å². The fraction of sp³-hybridized carbons (Fsp3) is 0.143. The molecule has 1 aromatic heterocycles. The maximum atomic E-state index is 12.7. The molecular formula is C14H11F3N4. The van der Waals surface area contributed by atoms with E-state index in [-0.39, 0.29) is 5.69 Å². The van der Waals surface area contributed by atoms with Gasteiger partial charge in [0.2, 0.25) is 0 Å². The molecular weight excluding hydrogens is 281 g/mol. The van der Waals surface area contributed by atoms with Crippen molar-refractivity contribution in [3.8, 4) is 5.69 Å². The molecule has 3 rings (SSSR count). The van der Waals surface area contributed by atoms with Crippen molar-refractivity contribution >= 4 is 16.7 Å². The summed E-state index contributed by atoms with van der Waals surface area (Å²) in [6.07, 6.45) is -4.40. The van der Waals surface area contributed by atoms with Crippen molar-refractivity contribution in [1.29, 1.82) is 0 Å². The Morgan fingerprint density at radius 1 is 1.05 bits per heavy atom. The van der Waals surface area contributed by atoms with Gasteiger partial charge in [0.15, 0.2) is 0 Å². The molecule has 21 heavy (non-hydrogen) atoms. The third-order valence-corrected chi connectivity index (χ3v) is 3.17. The summed E-state index contributed by atoms with van der Waals surface area (Å²) in [6.45, 7) is 1.83. The number of anilines is 1. The largest absolute Gasteiger partial charge is 0.416 e. The van der Waals surface area contributed by atoms with Crippen LogP contribution in [0.4, 0.5) is 18.9 Å². The van der Waals surface area contributed by atoms with Gasteiger partial charge < -0.3 is 5.73 Å². The SMILES string of the molecule is Cc1cc2nn(-c3cccc(C(F)(F)F)c3)nc2cc1N. The summed E-state index contributed by atoms with van der Waals surface area (Å²) in [5.41, 5.74) is 7.83. The van der Waals surface area contributed by atoms with Crippen molar-refractivity contribution in [2.45, 2.75) is 13.1 Å². The molecule has 2 aromatic carbocycles. The summed E-state index contributed by atoms with van der Waals surface area (Å²) in [4.78, 5) is 1.18. The van der Waals surface area contributed by atoms with E-state index in [0.29, 0.717) is 16.7 Å². The summed E-state index contributed by atoms with van der Waals surface area (Å²) in [7, 11) is 0. The number of alkyl halides is 3. The van der Waals surface area contributed by atoms with Crippen LogP contribution in [0, 0.1) is 6.92 Å². The van der Waals surface area contributed by atoms with E-state index in [2.05, 4.69) is 10.2 Å². The Morgan fingerprint density at radius 3 is 2.38 bits per heavy atom. The number of benzene rings is 2. The van der Waals surface area contributed by atoms with Crippen LogP contribution in [-0.2, 0) is 6.18 Å². The summed E-state index contributed by atoms with van der Waals surface area (Å²) in [5, 5.41) is 8.36. The highest BCUT2D eigenvalue weighted by atomic mass is 19.4. The van der Waals surface area contributed by atoms with Gasteiger partial charge in [-0.15, -0.1) is 10.2 Å². The van der Waals surface area contributed by atoms with Gasteiger partial charge in [-0.2, -0.15) is 18.0 Å². The van der Waals surface area contributed by atoms with Gasteiger partial charge in [-0.05, 0) is 42.8 Å². The number of aryl methyl sites for hydroxylation is 1. The molecule has 0 amide bonds. The summed E-state index contributed by atoms with van der Waals surface area (Å²) in [5.74, 6) is 0. The zero-order valence-corrected chi connectivity index (χ0v) is 11.0. The Labute approximate surface area is 118 Å². The first kappa shape index (κ1) is 13.4. The van der Waals surface area contributed by atoms with Crippen LogP contribution in [0.1, 0.15) is 11.1 Å². The maximum absolute atomic E-state index is 12.7. The first-order chi connectivity index (χ1) is 9.84. The van der Waals surface area contributed by atoms with Gasteiger partial charge in [-0.3, -0.25) is 0 Å². The third-order valence-electron chi connectivity index (χ3n) is 3.17. The molecule has 0 aliphatic heterocycles. The van der Waals surface area contributed by atoms with E-state index in [1.54, 1.807) is 12.1 Å². The van der Waals surface area contributed by atoms with Gasteiger partial charge in [-0.25, -0.2) is 0 Å².